The van der Waals surface area contributed by atoms with Gasteiger partial charge in [-0.25, -0.2) is 9.97 Å². The van der Waals surface area contributed by atoms with Crippen LogP contribution in [0.15, 0.2) is 90.8 Å². The molecule has 0 amide bonds. The molecule has 1 aliphatic heterocycles. The number of carbonyl (C=O) groups excluding carboxylic acids is 1. The zero-order valence-corrected chi connectivity index (χ0v) is 13.4. The number of benzene rings is 2. The third-order valence-corrected chi connectivity index (χ3v) is 3.92. The summed E-state index contributed by atoms with van der Waals surface area (Å²) in [6.07, 6.45) is 9.01. The van der Waals surface area contributed by atoms with Crippen LogP contribution in [-0.2, 0) is 0 Å². The molecule has 0 radical (unpaired) electrons. The maximum atomic E-state index is 13.1. The number of Topliss-reactive ketones (excluding diaryl/α,β-unsaturated/α-hetero) is 1. The van der Waals surface area contributed by atoms with Gasteiger partial charge in [-0.1, -0.05) is 60.7 Å². The highest BCUT2D eigenvalue weighted by Gasteiger charge is 2.19. The van der Waals surface area contributed by atoms with Crippen LogP contribution in [0.4, 0.5) is 0 Å². The highest BCUT2D eigenvalue weighted by molar-refractivity contribution is 6.14. The Labute approximate surface area is 145 Å². The first-order chi connectivity index (χ1) is 12.3. The number of allylic oxidation sites excluding steroid dienone is 5. The highest BCUT2D eigenvalue weighted by atomic mass is 16.1. The lowest BCUT2D eigenvalue weighted by Gasteiger charge is -2.10. The molecule has 0 saturated heterocycles. The molecule has 0 bridgehead atoms. The molecule has 2 heterocycles. The predicted molar refractivity (Wildman–Crippen MR) is 98.8 cm³/mol. The van der Waals surface area contributed by atoms with E-state index in [1.54, 1.807) is 12.3 Å². The maximum absolute atomic E-state index is 13.1. The number of nitrogens with zero attached hydrogens (tertiary/aromatic N) is 2. The Balaban J connectivity index is 1.90. The molecule has 4 nitrogen and oxygen atoms in total. The van der Waals surface area contributed by atoms with Gasteiger partial charge < -0.3 is 5.32 Å². The number of para-hydroxylation sites is 1. The second-order valence-corrected chi connectivity index (χ2v) is 5.58. The van der Waals surface area contributed by atoms with Gasteiger partial charge in [0.2, 0.25) is 5.78 Å². The third-order valence-electron chi connectivity index (χ3n) is 3.92. The smallest absolute Gasteiger partial charge is 0.228 e. The van der Waals surface area contributed by atoms with Gasteiger partial charge in [-0.2, -0.15) is 0 Å². The summed E-state index contributed by atoms with van der Waals surface area (Å²) in [5.41, 5.74) is 2.50. The zero-order chi connectivity index (χ0) is 17.1. The van der Waals surface area contributed by atoms with E-state index in [1.165, 1.54) is 0 Å². The van der Waals surface area contributed by atoms with Gasteiger partial charge in [0.1, 0.15) is 5.69 Å². The van der Waals surface area contributed by atoms with Crippen molar-refractivity contribution in [2.75, 3.05) is 0 Å². The van der Waals surface area contributed by atoms with E-state index in [1.807, 2.05) is 72.8 Å². The highest BCUT2D eigenvalue weighted by Crippen LogP contribution is 2.23. The van der Waals surface area contributed by atoms with Gasteiger partial charge in [-0.15, -0.1) is 0 Å². The summed E-state index contributed by atoms with van der Waals surface area (Å²) in [5, 5.41) is 3.75. The molecule has 0 spiro atoms. The van der Waals surface area contributed by atoms with Crippen LogP contribution in [0.25, 0.3) is 22.3 Å². The molecule has 4 rings (SSSR count). The molecule has 120 valence electrons. The fourth-order valence-corrected chi connectivity index (χ4v) is 2.69. The number of rotatable bonds is 3. The van der Waals surface area contributed by atoms with E-state index < -0.39 is 0 Å². The van der Waals surface area contributed by atoms with Crippen molar-refractivity contribution in [3.05, 3.63) is 96.5 Å². The van der Waals surface area contributed by atoms with Crippen molar-refractivity contribution in [2.24, 2.45) is 0 Å². The van der Waals surface area contributed by atoms with Crippen LogP contribution in [0.3, 0.4) is 0 Å². The summed E-state index contributed by atoms with van der Waals surface area (Å²) in [6.45, 7) is 0. The molecule has 0 fully saturated rings. The molecular formula is C21H15N3O. The van der Waals surface area contributed by atoms with Crippen molar-refractivity contribution >= 4 is 16.7 Å². The number of aromatic nitrogens is 2. The Kier molecular flexibility index (Phi) is 3.92. The Morgan fingerprint density at radius 3 is 2.52 bits per heavy atom. The molecule has 25 heavy (non-hydrogen) atoms. The number of hydrogen-bond acceptors (Lipinski definition) is 4. The van der Waals surface area contributed by atoms with E-state index in [0.717, 1.165) is 16.5 Å². The number of carbonyl (C=O) groups is 1. The minimum Gasteiger partial charge on any atom is -0.358 e. The van der Waals surface area contributed by atoms with Gasteiger partial charge in [-0.3, -0.25) is 4.79 Å². The predicted octanol–water partition coefficient (Wildman–Crippen LogP) is 4.04. The normalized spacial score (nSPS) is 13.2. The first-order valence-electron chi connectivity index (χ1n) is 8.00. The van der Waals surface area contributed by atoms with Crippen molar-refractivity contribution in [1.29, 1.82) is 0 Å². The molecule has 0 saturated carbocycles. The first kappa shape index (κ1) is 15.0. The summed E-state index contributed by atoms with van der Waals surface area (Å²) >= 11 is 0. The van der Waals surface area contributed by atoms with Crippen LogP contribution in [0, 0.1) is 0 Å². The Morgan fingerprint density at radius 1 is 0.840 bits per heavy atom. The van der Waals surface area contributed by atoms with E-state index in [2.05, 4.69) is 15.3 Å². The molecule has 1 N–H and O–H groups in total. The number of hydrogen-bond donors (Lipinski definition) is 1. The van der Waals surface area contributed by atoms with Crippen molar-refractivity contribution in [1.82, 2.24) is 15.3 Å². The molecule has 2 aromatic carbocycles. The summed E-state index contributed by atoms with van der Waals surface area (Å²) in [5.74, 6) is 0.384. The summed E-state index contributed by atoms with van der Waals surface area (Å²) in [7, 11) is 0. The molecule has 0 unspecified atom stereocenters. The molecule has 1 aliphatic rings. The van der Waals surface area contributed by atoms with Crippen molar-refractivity contribution < 1.29 is 4.79 Å². The Bertz CT molecular complexity index is 1030. The van der Waals surface area contributed by atoms with Gasteiger partial charge >= 0.3 is 0 Å². The van der Waals surface area contributed by atoms with E-state index in [0.29, 0.717) is 17.2 Å². The number of fused-ring (bicyclic) bond motifs is 1. The monoisotopic (exact) mass is 325 g/mol. The minimum atomic E-state index is -0.160. The van der Waals surface area contributed by atoms with E-state index in [9.17, 15) is 4.79 Å². The topological polar surface area (TPSA) is 54.9 Å². The van der Waals surface area contributed by atoms with Crippen LogP contribution in [0.5, 0.6) is 0 Å². The third kappa shape index (κ3) is 2.97. The van der Waals surface area contributed by atoms with E-state index >= 15 is 0 Å². The first-order valence-corrected chi connectivity index (χ1v) is 8.00. The summed E-state index contributed by atoms with van der Waals surface area (Å²) in [6, 6.07) is 17.2. The molecule has 4 heteroatoms. The second-order valence-electron chi connectivity index (χ2n) is 5.58. The molecule has 3 aromatic rings. The zero-order valence-electron chi connectivity index (χ0n) is 13.4. The van der Waals surface area contributed by atoms with Crippen LogP contribution in [0.2, 0.25) is 0 Å². The fraction of sp³-hybridized carbons (Fsp3) is 0. The largest absolute Gasteiger partial charge is 0.358 e. The lowest BCUT2D eigenvalue weighted by atomic mass is 10.1. The van der Waals surface area contributed by atoms with Gasteiger partial charge in [-0.05, 0) is 18.2 Å². The molecule has 0 atom stereocenters. The van der Waals surface area contributed by atoms with Gasteiger partial charge in [0.25, 0.3) is 0 Å². The number of nitrogens with one attached hydrogen (secondary N) is 1. The quantitative estimate of drug-likeness (QED) is 0.739. The summed E-state index contributed by atoms with van der Waals surface area (Å²) in [4.78, 5) is 22.3. The molecular weight excluding hydrogens is 310 g/mol. The maximum Gasteiger partial charge on any atom is 0.228 e. The average molecular weight is 325 g/mol. The Morgan fingerprint density at radius 2 is 1.64 bits per heavy atom. The van der Waals surface area contributed by atoms with Gasteiger partial charge in [0, 0.05) is 17.1 Å². The Hall–Kier alpha value is -3.53. The van der Waals surface area contributed by atoms with Gasteiger partial charge in [0.15, 0.2) is 5.82 Å². The molecule has 1 aromatic heterocycles. The van der Waals surface area contributed by atoms with Crippen LogP contribution < -0.4 is 5.32 Å². The van der Waals surface area contributed by atoms with Crippen molar-refractivity contribution in [3.8, 4) is 11.4 Å². The van der Waals surface area contributed by atoms with Gasteiger partial charge in [0.05, 0.1) is 11.2 Å². The standard InChI is InChI=1S/C21H15N3O/c25-20(18-13-5-2-8-14-22-18)19-16-11-6-7-12-17(16)23-21(24-19)15-9-3-1-4-10-15/h1-14,22H. The van der Waals surface area contributed by atoms with Crippen molar-refractivity contribution in [3.63, 3.8) is 0 Å². The minimum absolute atomic E-state index is 0.160. The lowest BCUT2D eigenvalue weighted by molar-refractivity contribution is 0.102. The SMILES string of the molecule is O=C(C1=CC=CC=CN1)c1nc(-c2ccccc2)nc2ccccc12. The van der Waals surface area contributed by atoms with Crippen LogP contribution in [0.1, 0.15) is 10.5 Å². The van der Waals surface area contributed by atoms with E-state index in [-0.39, 0.29) is 5.78 Å². The molecule has 0 aliphatic carbocycles. The van der Waals surface area contributed by atoms with Crippen molar-refractivity contribution in [2.45, 2.75) is 0 Å². The fourth-order valence-electron chi connectivity index (χ4n) is 2.69. The lowest BCUT2D eigenvalue weighted by Crippen LogP contribution is -2.17. The van der Waals surface area contributed by atoms with E-state index in [4.69, 9.17) is 0 Å². The number of ketones is 1. The average Bonchev–Trinajstić information content (AvgIpc) is 2.97. The van der Waals surface area contributed by atoms with Crippen LogP contribution in [-0.4, -0.2) is 15.8 Å². The second kappa shape index (κ2) is 6.53. The van der Waals surface area contributed by atoms with Crippen LogP contribution >= 0.6 is 0 Å². The summed E-state index contributed by atoms with van der Waals surface area (Å²) < 4.78 is 0.